The summed E-state index contributed by atoms with van der Waals surface area (Å²) in [5, 5.41) is 4.01. The summed E-state index contributed by atoms with van der Waals surface area (Å²) >= 11 is 0. The van der Waals surface area contributed by atoms with Crippen LogP contribution in [0.1, 0.15) is 41.0 Å². The van der Waals surface area contributed by atoms with E-state index in [1.54, 1.807) is 0 Å². The minimum Gasteiger partial charge on any atom is -0.382 e. The fraction of sp³-hybridized carbons (Fsp3) is 0.259. The van der Waals surface area contributed by atoms with E-state index in [1.165, 1.54) is 37.2 Å². The molecule has 1 saturated heterocycles. The van der Waals surface area contributed by atoms with E-state index in [1.807, 2.05) is 18.2 Å². The minimum atomic E-state index is -0.367. The van der Waals surface area contributed by atoms with Crippen LogP contribution in [0.5, 0.6) is 0 Å². The van der Waals surface area contributed by atoms with Crippen LogP contribution in [0, 0.1) is 0 Å². The van der Waals surface area contributed by atoms with Crippen molar-refractivity contribution < 1.29 is 4.79 Å². The summed E-state index contributed by atoms with van der Waals surface area (Å²) in [6, 6.07) is 18.7. The Labute approximate surface area is 199 Å². The number of rotatable bonds is 6. The third kappa shape index (κ3) is 4.75. The highest BCUT2D eigenvalue weighted by Crippen LogP contribution is 2.31. The van der Waals surface area contributed by atoms with Gasteiger partial charge in [-0.05, 0) is 49.2 Å². The normalized spacial score (nSPS) is 14.2. The number of carbonyl (C=O) groups is 1. The number of anilines is 1. The first-order valence-electron chi connectivity index (χ1n) is 11.7. The maximum Gasteiger partial charge on any atom is 0.274 e. The first kappa shape index (κ1) is 22.0. The number of piperidine rings is 1. The number of benzene rings is 2. The van der Waals surface area contributed by atoms with E-state index in [2.05, 4.69) is 56.6 Å². The van der Waals surface area contributed by atoms with E-state index >= 15 is 0 Å². The van der Waals surface area contributed by atoms with Crippen molar-refractivity contribution in [1.82, 2.24) is 25.2 Å². The average molecular weight is 453 g/mol. The number of nitrogens with zero attached hydrogens (tertiary/aromatic N) is 4. The van der Waals surface area contributed by atoms with E-state index in [9.17, 15) is 4.79 Å². The number of nitrogens with two attached hydrogens (primary N) is 1. The molecular formula is C27H28N6O. The van der Waals surface area contributed by atoms with Crippen LogP contribution in [-0.4, -0.2) is 38.8 Å². The molecule has 5 rings (SSSR count). The molecule has 0 atom stereocenters. The van der Waals surface area contributed by atoms with Crippen LogP contribution in [-0.2, 0) is 13.1 Å². The van der Waals surface area contributed by atoms with Crippen LogP contribution in [0.2, 0.25) is 0 Å². The van der Waals surface area contributed by atoms with E-state index < -0.39 is 0 Å². The van der Waals surface area contributed by atoms with Crippen molar-refractivity contribution in [2.45, 2.75) is 32.4 Å². The highest BCUT2D eigenvalue weighted by Gasteiger charge is 2.18. The summed E-state index contributed by atoms with van der Waals surface area (Å²) in [6.07, 6.45) is 6.74. The molecule has 1 fully saturated rings. The van der Waals surface area contributed by atoms with Gasteiger partial charge in [0, 0.05) is 29.9 Å². The van der Waals surface area contributed by atoms with Gasteiger partial charge >= 0.3 is 0 Å². The van der Waals surface area contributed by atoms with Crippen molar-refractivity contribution in [3.63, 3.8) is 0 Å². The van der Waals surface area contributed by atoms with Crippen molar-refractivity contribution in [3.05, 3.63) is 83.9 Å². The predicted molar refractivity (Wildman–Crippen MR) is 134 cm³/mol. The molecule has 7 nitrogen and oxygen atoms in total. The van der Waals surface area contributed by atoms with Crippen molar-refractivity contribution in [2.24, 2.45) is 0 Å². The number of carbonyl (C=O) groups excluding carboxylic acids is 1. The third-order valence-corrected chi connectivity index (χ3v) is 6.31. The molecule has 0 saturated carbocycles. The number of nitrogens with one attached hydrogen (secondary N) is 1. The van der Waals surface area contributed by atoms with Gasteiger partial charge in [-0.15, -0.1) is 0 Å². The monoisotopic (exact) mass is 452 g/mol. The molecule has 3 heterocycles. The largest absolute Gasteiger partial charge is 0.382 e. The number of pyridine rings is 1. The van der Waals surface area contributed by atoms with Gasteiger partial charge in [0.25, 0.3) is 5.91 Å². The Balaban J connectivity index is 1.50. The first-order valence-corrected chi connectivity index (χ1v) is 11.7. The number of hydrogen-bond donors (Lipinski definition) is 2. The Morgan fingerprint density at radius 3 is 2.56 bits per heavy atom. The molecule has 4 aromatic rings. The fourth-order valence-corrected chi connectivity index (χ4v) is 4.57. The number of fused-ring (bicyclic) bond motifs is 1. The molecule has 1 aliphatic rings. The second-order valence-electron chi connectivity index (χ2n) is 8.64. The lowest BCUT2D eigenvalue weighted by Crippen LogP contribution is -2.29. The molecule has 3 N–H and O–H groups in total. The summed E-state index contributed by atoms with van der Waals surface area (Å²) in [4.78, 5) is 28.2. The highest BCUT2D eigenvalue weighted by molar-refractivity contribution is 5.96. The molecule has 0 aliphatic carbocycles. The molecular weight excluding hydrogens is 424 g/mol. The van der Waals surface area contributed by atoms with Crippen molar-refractivity contribution >= 4 is 22.6 Å². The lowest BCUT2D eigenvalue weighted by molar-refractivity contribution is 0.0946. The summed E-state index contributed by atoms with van der Waals surface area (Å²) in [5.41, 5.74) is 11.1. The van der Waals surface area contributed by atoms with E-state index in [0.29, 0.717) is 0 Å². The maximum atomic E-state index is 12.8. The molecule has 34 heavy (non-hydrogen) atoms. The zero-order chi connectivity index (χ0) is 23.3. The molecule has 1 amide bonds. The van der Waals surface area contributed by atoms with Gasteiger partial charge in [0.15, 0.2) is 11.5 Å². The number of amides is 1. The van der Waals surface area contributed by atoms with Crippen molar-refractivity contribution in [1.29, 1.82) is 0 Å². The molecule has 172 valence electrons. The van der Waals surface area contributed by atoms with Crippen molar-refractivity contribution in [2.75, 3.05) is 18.8 Å². The number of aromatic nitrogens is 3. The Hall–Kier alpha value is -3.84. The molecule has 0 bridgehead atoms. The topological polar surface area (TPSA) is 97.0 Å². The summed E-state index contributed by atoms with van der Waals surface area (Å²) in [6.45, 7) is 3.43. The Bertz CT molecular complexity index is 1320. The molecule has 1 aliphatic heterocycles. The third-order valence-electron chi connectivity index (χ3n) is 6.31. The second kappa shape index (κ2) is 9.97. The summed E-state index contributed by atoms with van der Waals surface area (Å²) in [7, 11) is 0. The van der Waals surface area contributed by atoms with Crippen LogP contribution >= 0.6 is 0 Å². The average Bonchev–Trinajstić information content (AvgIpc) is 2.88. The van der Waals surface area contributed by atoms with Crippen LogP contribution in [0.15, 0.2) is 67.0 Å². The lowest BCUT2D eigenvalue weighted by atomic mass is 9.95. The quantitative estimate of drug-likeness (QED) is 0.455. The van der Waals surface area contributed by atoms with Crippen molar-refractivity contribution in [3.8, 4) is 11.1 Å². The zero-order valence-electron chi connectivity index (χ0n) is 19.1. The molecule has 2 aromatic carbocycles. The van der Waals surface area contributed by atoms with Crippen LogP contribution in [0.4, 0.5) is 5.82 Å². The SMILES string of the molecule is Nc1nccnc1C(=O)NCc1nc2ccccc2cc1-c1ccccc1CN1CCCCC1. The molecule has 0 radical (unpaired) electrons. The summed E-state index contributed by atoms with van der Waals surface area (Å²) < 4.78 is 0. The lowest BCUT2D eigenvalue weighted by Gasteiger charge is -2.27. The number of para-hydroxylation sites is 1. The summed E-state index contributed by atoms with van der Waals surface area (Å²) in [5.74, 6) is -0.258. The van der Waals surface area contributed by atoms with Gasteiger partial charge in [-0.2, -0.15) is 0 Å². The van der Waals surface area contributed by atoms with Crippen LogP contribution in [0.25, 0.3) is 22.0 Å². The zero-order valence-corrected chi connectivity index (χ0v) is 19.1. The van der Waals surface area contributed by atoms with E-state index in [0.717, 1.165) is 47.4 Å². The Morgan fingerprint density at radius 1 is 0.941 bits per heavy atom. The van der Waals surface area contributed by atoms with Crippen LogP contribution in [0.3, 0.4) is 0 Å². The molecule has 2 aromatic heterocycles. The van der Waals surface area contributed by atoms with Gasteiger partial charge in [-0.25, -0.2) is 9.97 Å². The molecule has 0 unspecified atom stereocenters. The van der Waals surface area contributed by atoms with Gasteiger partial charge in [0.05, 0.1) is 17.8 Å². The van der Waals surface area contributed by atoms with Gasteiger partial charge < -0.3 is 11.1 Å². The smallest absolute Gasteiger partial charge is 0.274 e. The first-order chi connectivity index (χ1) is 16.7. The number of nitrogen functional groups attached to an aromatic ring is 1. The number of hydrogen-bond acceptors (Lipinski definition) is 6. The standard InChI is InChI=1S/C27H28N6O/c28-26-25(29-12-13-30-26)27(34)31-17-24-22(16-19-8-3-5-11-23(19)32-24)21-10-4-2-9-20(21)18-33-14-6-1-7-15-33/h2-5,8-13,16H,1,6-7,14-15,17-18H2,(H2,28,30)(H,31,34). The maximum absolute atomic E-state index is 12.8. The molecule has 0 spiro atoms. The fourth-order valence-electron chi connectivity index (χ4n) is 4.57. The van der Waals surface area contributed by atoms with E-state index in [-0.39, 0.29) is 24.0 Å². The Kier molecular flexibility index (Phi) is 6.44. The van der Waals surface area contributed by atoms with Gasteiger partial charge in [-0.3, -0.25) is 14.7 Å². The molecule has 7 heteroatoms. The van der Waals surface area contributed by atoms with Gasteiger partial charge in [0.1, 0.15) is 0 Å². The number of likely N-dealkylation sites (tertiary alicyclic amines) is 1. The predicted octanol–water partition coefficient (Wildman–Crippen LogP) is 4.19. The minimum absolute atomic E-state index is 0.110. The van der Waals surface area contributed by atoms with Crippen LogP contribution < -0.4 is 11.1 Å². The van der Waals surface area contributed by atoms with E-state index in [4.69, 9.17) is 10.7 Å². The second-order valence-corrected chi connectivity index (χ2v) is 8.64. The Morgan fingerprint density at radius 2 is 1.71 bits per heavy atom. The van der Waals surface area contributed by atoms with Gasteiger partial charge in [-0.1, -0.05) is 48.9 Å². The highest BCUT2D eigenvalue weighted by atomic mass is 16.1. The van der Waals surface area contributed by atoms with Gasteiger partial charge in [0.2, 0.25) is 0 Å².